The molecule has 0 saturated heterocycles. The van der Waals surface area contributed by atoms with E-state index in [0.29, 0.717) is 11.7 Å². The van der Waals surface area contributed by atoms with Gasteiger partial charge in [-0.15, -0.1) is 0 Å². The molecular formula is C9H12N2O3. The molecule has 14 heavy (non-hydrogen) atoms. The fourth-order valence-electron chi connectivity index (χ4n) is 0.949. The average molecular weight is 196 g/mol. The van der Waals surface area contributed by atoms with Gasteiger partial charge in [-0.25, -0.2) is 9.78 Å². The first-order valence-electron chi connectivity index (χ1n) is 4.13. The fourth-order valence-corrected chi connectivity index (χ4v) is 0.949. The monoisotopic (exact) mass is 196 g/mol. The van der Waals surface area contributed by atoms with E-state index in [4.69, 9.17) is 4.74 Å². The van der Waals surface area contributed by atoms with Crippen molar-refractivity contribution in [3.63, 3.8) is 0 Å². The highest BCUT2D eigenvalue weighted by molar-refractivity contribution is 5.70. The fraction of sp³-hybridized carbons (Fsp3) is 0.444. The number of hydrogen-bond acceptors (Lipinski definition) is 5. The number of rotatable bonds is 3. The highest BCUT2D eigenvalue weighted by atomic mass is 16.6. The Kier molecular flexibility index (Phi) is 3.39. The van der Waals surface area contributed by atoms with Crippen LogP contribution < -0.4 is 4.74 Å². The Morgan fingerprint density at radius 2 is 2.14 bits per heavy atom. The summed E-state index contributed by atoms with van der Waals surface area (Å²) in [5.74, 6) is 0.573. The Balaban J connectivity index is 2.63. The van der Waals surface area contributed by atoms with E-state index in [1.54, 1.807) is 13.0 Å². The van der Waals surface area contributed by atoms with Crippen LogP contribution in [0.15, 0.2) is 6.07 Å². The van der Waals surface area contributed by atoms with Crippen molar-refractivity contribution in [1.82, 2.24) is 9.97 Å². The van der Waals surface area contributed by atoms with Crippen LogP contribution in [-0.4, -0.2) is 29.7 Å². The predicted molar refractivity (Wildman–Crippen MR) is 49.0 cm³/mol. The summed E-state index contributed by atoms with van der Waals surface area (Å²) in [6.45, 7) is 3.46. The van der Waals surface area contributed by atoms with Crippen LogP contribution in [0.2, 0.25) is 0 Å². The van der Waals surface area contributed by atoms with E-state index in [1.165, 1.54) is 7.11 Å². The van der Waals surface area contributed by atoms with Crippen molar-refractivity contribution < 1.29 is 14.3 Å². The van der Waals surface area contributed by atoms with Crippen molar-refractivity contribution in [2.75, 3.05) is 13.7 Å². The molecule has 0 atom stereocenters. The molecule has 0 fully saturated rings. The highest BCUT2D eigenvalue weighted by Crippen LogP contribution is 2.07. The summed E-state index contributed by atoms with van der Waals surface area (Å²) in [5.41, 5.74) is 0.803. The van der Waals surface area contributed by atoms with Gasteiger partial charge in [0.15, 0.2) is 6.61 Å². The van der Waals surface area contributed by atoms with Crippen LogP contribution in [0.3, 0.4) is 0 Å². The van der Waals surface area contributed by atoms with Crippen LogP contribution in [0, 0.1) is 13.8 Å². The van der Waals surface area contributed by atoms with Gasteiger partial charge >= 0.3 is 5.97 Å². The Morgan fingerprint density at radius 3 is 2.71 bits per heavy atom. The maximum absolute atomic E-state index is 10.8. The Bertz CT molecular complexity index is 319. The number of aromatic nitrogens is 2. The molecule has 0 spiro atoms. The lowest BCUT2D eigenvalue weighted by Crippen LogP contribution is -2.13. The number of ether oxygens (including phenoxy) is 2. The maximum Gasteiger partial charge on any atom is 0.343 e. The molecule has 0 radical (unpaired) electrons. The molecule has 76 valence electrons. The van der Waals surface area contributed by atoms with E-state index in [9.17, 15) is 4.79 Å². The number of aryl methyl sites for hydroxylation is 2. The van der Waals surface area contributed by atoms with Gasteiger partial charge in [-0.1, -0.05) is 0 Å². The molecule has 0 N–H and O–H groups in total. The molecule has 0 aliphatic rings. The zero-order valence-electron chi connectivity index (χ0n) is 8.40. The second-order valence-electron chi connectivity index (χ2n) is 2.76. The number of esters is 1. The van der Waals surface area contributed by atoms with E-state index in [0.717, 1.165) is 5.69 Å². The summed E-state index contributed by atoms with van der Waals surface area (Å²) in [5, 5.41) is 0. The highest BCUT2D eigenvalue weighted by Gasteiger charge is 2.03. The third-order valence-corrected chi connectivity index (χ3v) is 1.51. The van der Waals surface area contributed by atoms with Gasteiger partial charge in [0, 0.05) is 11.8 Å². The number of carbonyl (C=O) groups excluding carboxylic acids is 1. The van der Waals surface area contributed by atoms with Gasteiger partial charge in [-0.3, -0.25) is 0 Å². The summed E-state index contributed by atoms with van der Waals surface area (Å²) in [4.78, 5) is 18.8. The smallest absolute Gasteiger partial charge is 0.343 e. The van der Waals surface area contributed by atoms with E-state index in [1.807, 2.05) is 6.92 Å². The summed E-state index contributed by atoms with van der Waals surface area (Å²) in [6, 6.07) is 1.66. The molecule has 0 saturated carbocycles. The Hall–Kier alpha value is -1.65. The lowest BCUT2D eigenvalue weighted by atomic mass is 10.4. The normalized spacial score (nSPS) is 9.64. The molecule has 1 rings (SSSR count). The molecule has 1 aromatic heterocycles. The zero-order valence-corrected chi connectivity index (χ0v) is 8.40. The first-order chi connectivity index (χ1) is 6.61. The minimum atomic E-state index is -0.432. The van der Waals surface area contributed by atoms with Gasteiger partial charge in [-0.2, -0.15) is 4.98 Å². The van der Waals surface area contributed by atoms with E-state index in [2.05, 4.69) is 14.7 Å². The van der Waals surface area contributed by atoms with Gasteiger partial charge in [0.25, 0.3) is 0 Å². The second kappa shape index (κ2) is 4.55. The van der Waals surface area contributed by atoms with Crippen molar-refractivity contribution in [2.24, 2.45) is 0 Å². The number of methoxy groups -OCH3 is 1. The number of nitrogens with zero attached hydrogens (tertiary/aromatic N) is 2. The van der Waals surface area contributed by atoms with Crippen LogP contribution >= 0.6 is 0 Å². The van der Waals surface area contributed by atoms with Crippen molar-refractivity contribution in [3.8, 4) is 5.88 Å². The van der Waals surface area contributed by atoms with Crippen LogP contribution in [0.4, 0.5) is 0 Å². The van der Waals surface area contributed by atoms with Gasteiger partial charge in [0.05, 0.1) is 7.11 Å². The molecule has 0 aromatic carbocycles. The molecule has 0 aliphatic heterocycles. The minimum Gasteiger partial charge on any atom is -0.466 e. The molecule has 0 amide bonds. The maximum atomic E-state index is 10.8. The number of carbonyl (C=O) groups is 1. The summed E-state index contributed by atoms with van der Waals surface area (Å²) in [6.07, 6.45) is 0. The largest absolute Gasteiger partial charge is 0.466 e. The topological polar surface area (TPSA) is 61.3 Å². The molecule has 1 heterocycles. The van der Waals surface area contributed by atoms with E-state index in [-0.39, 0.29) is 6.61 Å². The first-order valence-corrected chi connectivity index (χ1v) is 4.13. The first kappa shape index (κ1) is 10.4. The molecule has 1 aromatic rings. The standard InChI is InChI=1S/C9H12N2O3/c1-6-4-8(11-7(2)10-6)14-5-9(12)13-3/h4H,5H2,1-3H3. The van der Waals surface area contributed by atoms with Gasteiger partial charge in [0.2, 0.25) is 5.88 Å². The molecule has 0 unspecified atom stereocenters. The zero-order chi connectivity index (χ0) is 10.6. The van der Waals surface area contributed by atoms with Crippen LogP contribution in [-0.2, 0) is 9.53 Å². The molecular weight excluding hydrogens is 184 g/mol. The molecule has 5 heteroatoms. The average Bonchev–Trinajstić information content (AvgIpc) is 2.12. The van der Waals surface area contributed by atoms with Gasteiger partial charge < -0.3 is 9.47 Å². The lowest BCUT2D eigenvalue weighted by molar-refractivity contribution is -0.143. The lowest BCUT2D eigenvalue weighted by Gasteiger charge is -2.04. The number of hydrogen-bond donors (Lipinski definition) is 0. The molecule has 0 bridgehead atoms. The predicted octanol–water partition coefficient (Wildman–Crippen LogP) is 0.645. The van der Waals surface area contributed by atoms with E-state index >= 15 is 0 Å². The molecule has 0 aliphatic carbocycles. The van der Waals surface area contributed by atoms with Crippen molar-refractivity contribution in [2.45, 2.75) is 13.8 Å². The van der Waals surface area contributed by atoms with Crippen molar-refractivity contribution >= 4 is 5.97 Å². The Morgan fingerprint density at radius 1 is 1.43 bits per heavy atom. The van der Waals surface area contributed by atoms with Crippen LogP contribution in [0.5, 0.6) is 5.88 Å². The van der Waals surface area contributed by atoms with Crippen molar-refractivity contribution in [1.29, 1.82) is 0 Å². The van der Waals surface area contributed by atoms with Crippen LogP contribution in [0.1, 0.15) is 11.5 Å². The van der Waals surface area contributed by atoms with Crippen LogP contribution in [0.25, 0.3) is 0 Å². The van der Waals surface area contributed by atoms with Crippen molar-refractivity contribution in [3.05, 3.63) is 17.6 Å². The quantitative estimate of drug-likeness (QED) is 0.664. The van der Waals surface area contributed by atoms with Gasteiger partial charge in [-0.05, 0) is 13.8 Å². The van der Waals surface area contributed by atoms with E-state index < -0.39 is 5.97 Å². The Labute approximate surface area is 82.1 Å². The second-order valence-corrected chi connectivity index (χ2v) is 2.76. The third-order valence-electron chi connectivity index (χ3n) is 1.51. The summed E-state index contributed by atoms with van der Waals surface area (Å²) in [7, 11) is 1.31. The third kappa shape index (κ3) is 3.01. The summed E-state index contributed by atoms with van der Waals surface area (Å²) >= 11 is 0. The SMILES string of the molecule is COC(=O)COc1cc(C)nc(C)n1. The summed E-state index contributed by atoms with van der Waals surface area (Å²) < 4.78 is 9.52. The van der Waals surface area contributed by atoms with Gasteiger partial charge in [0.1, 0.15) is 5.82 Å². The molecule has 5 nitrogen and oxygen atoms in total. The minimum absolute atomic E-state index is 0.133.